The molecule has 2 rings (SSSR count). The Hall–Kier alpha value is -1.97. The molecule has 0 fully saturated rings. The lowest BCUT2D eigenvalue weighted by Gasteiger charge is -2.09. The standard InChI is InChI=1S/C17H22N2O5S/c1-22-16-6-2-14(3-7-16)15-4-8-17(9-5-15)25(20,21)19-24-13-12-23-11-10-18/h2-9,19H,10-13,18H2,1H3. The summed E-state index contributed by atoms with van der Waals surface area (Å²) in [6.45, 7) is 1.18. The molecule has 0 aromatic heterocycles. The van der Waals surface area contributed by atoms with Crippen LogP contribution in [-0.2, 0) is 19.6 Å². The summed E-state index contributed by atoms with van der Waals surface area (Å²) in [6, 6.07) is 14.0. The van der Waals surface area contributed by atoms with E-state index in [0.29, 0.717) is 13.2 Å². The summed E-state index contributed by atoms with van der Waals surface area (Å²) in [5, 5.41) is 0. The first-order chi connectivity index (χ1) is 12.1. The number of nitrogens with two attached hydrogens (primary N) is 1. The van der Waals surface area contributed by atoms with Crippen LogP contribution in [0.2, 0.25) is 0 Å². The van der Waals surface area contributed by atoms with Crippen molar-refractivity contribution in [2.24, 2.45) is 5.73 Å². The largest absolute Gasteiger partial charge is 0.497 e. The van der Waals surface area contributed by atoms with Crippen molar-refractivity contribution in [1.82, 2.24) is 4.89 Å². The number of ether oxygens (including phenoxy) is 2. The van der Waals surface area contributed by atoms with Gasteiger partial charge in [-0.1, -0.05) is 29.2 Å². The predicted molar refractivity (Wildman–Crippen MR) is 94.6 cm³/mol. The van der Waals surface area contributed by atoms with E-state index < -0.39 is 10.0 Å². The molecule has 0 saturated carbocycles. The van der Waals surface area contributed by atoms with Gasteiger partial charge in [-0.25, -0.2) is 8.42 Å². The van der Waals surface area contributed by atoms with Crippen LogP contribution in [0.25, 0.3) is 11.1 Å². The molecule has 2 aromatic carbocycles. The second-order valence-corrected chi connectivity index (χ2v) is 6.73. The van der Waals surface area contributed by atoms with Gasteiger partial charge in [-0.3, -0.25) is 4.84 Å². The van der Waals surface area contributed by atoms with Crippen molar-refractivity contribution >= 4 is 10.0 Å². The van der Waals surface area contributed by atoms with Crippen molar-refractivity contribution in [1.29, 1.82) is 0 Å². The molecular formula is C17H22N2O5S. The van der Waals surface area contributed by atoms with Gasteiger partial charge in [-0.05, 0) is 35.4 Å². The van der Waals surface area contributed by atoms with Gasteiger partial charge in [0.1, 0.15) is 5.75 Å². The Kier molecular flexibility index (Phi) is 7.35. The van der Waals surface area contributed by atoms with Crippen molar-refractivity contribution < 1.29 is 22.7 Å². The third-order valence-electron chi connectivity index (χ3n) is 3.35. The minimum atomic E-state index is -3.74. The van der Waals surface area contributed by atoms with Gasteiger partial charge in [0.25, 0.3) is 10.0 Å². The zero-order valence-electron chi connectivity index (χ0n) is 14.0. The summed E-state index contributed by atoms with van der Waals surface area (Å²) in [4.78, 5) is 7.11. The molecule has 7 nitrogen and oxygen atoms in total. The fraction of sp³-hybridized carbons (Fsp3) is 0.294. The summed E-state index contributed by atoms with van der Waals surface area (Å²) in [5.41, 5.74) is 7.14. The fourth-order valence-electron chi connectivity index (χ4n) is 2.06. The van der Waals surface area contributed by atoms with Crippen LogP contribution in [0.4, 0.5) is 0 Å². The lowest BCUT2D eigenvalue weighted by Crippen LogP contribution is -2.26. The van der Waals surface area contributed by atoms with Crippen molar-refractivity contribution in [3.63, 3.8) is 0 Å². The maximum Gasteiger partial charge on any atom is 0.262 e. The summed E-state index contributed by atoms with van der Waals surface area (Å²) in [7, 11) is -2.13. The van der Waals surface area contributed by atoms with E-state index in [1.807, 2.05) is 24.3 Å². The minimum absolute atomic E-state index is 0.100. The van der Waals surface area contributed by atoms with E-state index in [4.69, 9.17) is 20.0 Å². The molecule has 3 N–H and O–H groups in total. The highest BCUT2D eigenvalue weighted by atomic mass is 32.2. The summed E-state index contributed by atoms with van der Waals surface area (Å²) >= 11 is 0. The third-order valence-corrected chi connectivity index (χ3v) is 4.58. The van der Waals surface area contributed by atoms with E-state index in [2.05, 4.69) is 4.89 Å². The Labute approximate surface area is 147 Å². The molecule has 2 aromatic rings. The first kappa shape index (κ1) is 19.4. The topological polar surface area (TPSA) is 99.9 Å². The van der Waals surface area contributed by atoms with Gasteiger partial charge in [0, 0.05) is 6.54 Å². The zero-order valence-corrected chi connectivity index (χ0v) is 14.8. The molecular weight excluding hydrogens is 344 g/mol. The normalized spacial score (nSPS) is 11.4. The van der Waals surface area contributed by atoms with Gasteiger partial charge in [-0.15, -0.1) is 0 Å². The number of hydrogen-bond donors (Lipinski definition) is 2. The van der Waals surface area contributed by atoms with Gasteiger partial charge in [0.05, 0.1) is 31.8 Å². The number of sulfonamides is 1. The Morgan fingerprint density at radius 3 is 2.08 bits per heavy atom. The van der Waals surface area contributed by atoms with E-state index in [9.17, 15) is 8.42 Å². The molecule has 8 heteroatoms. The number of benzene rings is 2. The molecule has 0 radical (unpaired) electrons. The van der Waals surface area contributed by atoms with Crippen LogP contribution >= 0.6 is 0 Å². The molecule has 0 atom stereocenters. The molecule has 0 saturated heterocycles. The minimum Gasteiger partial charge on any atom is -0.497 e. The van der Waals surface area contributed by atoms with Crippen LogP contribution in [0.3, 0.4) is 0 Å². The van der Waals surface area contributed by atoms with Crippen LogP contribution in [0, 0.1) is 0 Å². The lowest BCUT2D eigenvalue weighted by atomic mass is 10.1. The monoisotopic (exact) mass is 366 g/mol. The van der Waals surface area contributed by atoms with Crippen molar-refractivity contribution in [3.8, 4) is 16.9 Å². The Morgan fingerprint density at radius 1 is 0.920 bits per heavy atom. The second-order valence-electron chi connectivity index (χ2n) is 5.09. The highest BCUT2D eigenvalue weighted by Crippen LogP contribution is 2.23. The number of rotatable bonds is 10. The summed E-state index contributed by atoms with van der Waals surface area (Å²) < 4.78 is 34.5. The summed E-state index contributed by atoms with van der Waals surface area (Å²) in [5.74, 6) is 0.764. The van der Waals surface area contributed by atoms with E-state index in [1.54, 1.807) is 19.2 Å². The molecule has 0 amide bonds. The van der Waals surface area contributed by atoms with Gasteiger partial charge in [-0.2, -0.15) is 0 Å². The number of nitrogens with one attached hydrogen (secondary N) is 1. The Bertz CT molecular complexity index is 746. The van der Waals surface area contributed by atoms with E-state index in [0.717, 1.165) is 16.9 Å². The van der Waals surface area contributed by atoms with Gasteiger partial charge in [0.2, 0.25) is 0 Å². The van der Waals surface area contributed by atoms with Gasteiger partial charge >= 0.3 is 0 Å². The highest BCUT2D eigenvalue weighted by Gasteiger charge is 2.14. The van der Waals surface area contributed by atoms with E-state index >= 15 is 0 Å². The predicted octanol–water partition coefficient (Wildman–Crippen LogP) is 1.55. The third kappa shape index (κ3) is 5.80. The smallest absolute Gasteiger partial charge is 0.262 e. The second kappa shape index (κ2) is 9.50. The van der Waals surface area contributed by atoms with Crippen molar-refractivity contribution in [3.05, 3.63) is 48.5 Å². The Morgan fingerprint density at radius 2 is 1.52 bits per heavy atom. The number of methoxy groups -OCH3 is 1. The SMILES string of the molecule is COc1ccc(-c2ccc(S(=O)(=O)NOCCOCCN)cc2)cc1. The molecule has 0 bridgehead atoms. The quantitative estimate of drug-likeness (QED) is 0.489. The molecule has 136 valence electrons. The van der Waals surface area contributed by atoms with Gasteiger partial charge in [0.15, 0.2) is 0 Å². The molecule has 0 spiro atoms. The van der Waals surface area contributed by atoms with Crippen LogP contribution in [0.1, 0.15) is 0 Å². The summed E-state index contributed by atoms with van der Waals surface area (Å²) in [6.07, 6.45) is 0. The van der Waals surface area contributed by atoms with Crippen LogP contribution in [-0.4, -0.2) is 41.9 Å². The Balaban J connectivity index is 1.95. The molecule has 0 aliphatic heterocycles. The van der Waals surface area contributed by atoms with Crippen LogP contribution < -0.4 is 15.4 Å². The maximum absolute atomic E-state index is 12.1. The molecule has 0 unspecified atom stereocenters. The van der Waals surface area contributed by atoms with Gasteiger partial charge < -0.3 is 15.2 Å². The van der Waals surface area contributed by atoms with Crippen molar-refractivity contribution in [2.45, 2.75) is 4.90 Å². The first-order valence-corrected chi connectivity index (χ1v) is 9.21. The van der Waals surface area contributed by atoms with E-state index in [-0.39, 0.29) is 18.1 Å². The average Bonchev–Trinajstić information content (AvgIpc) is 2.65. The molecule has 0 aliphatic carbocycles. The maximum atomic E-state index is 12.1. The molecule has 25 heavy (non-hydrogen) atoms. The highest BCUT2D eigenvalue weighted by molar-refractivity contribution is 7.89. The fourth-order valence-corrected chi connectivity index (χ4v) is 2.89. The number of hydrogen-bond acceptors (Lipinski definition) is 6. The average molecular weight is 366 g/mol. The van der Waals surface area contributed by atoms with Crippen LogP contribution in [0.15, 0.2) is 53.4 Å². The van der Waals surface area contributed by atoms with Crippen LogP contribution in [0.5, 0.6) is 5.75 Å². The van der Waals surface area contributed by atoms with Crippen molar-refractivity contribution in [2.75, 3.05) is 33.5 Å². The van der Waals surface area contributed by atoms with E-state index in [1.165, 1.54) is 12.1 Å². The lowest BCUT2D eigenvalue weighted by molar-refractivity contribution is 0.0287. The molecule has 0 heterocycles. The first-order valence-electron chi connectivity index (χ1n) is 7.73. The molecule has 0 aliphatic rings. The zero-order chi connectivity index (χ0) is 18.1.